The Morgan fingerprint density at radius 3 is 3.00 bits per heavy atom. The van der Waals surface area contributed by atoms with Crippen LogP contribution < -0.4 is 10.6 Å². The third-order valence-corrected chi connectivity index (χ3v) is 4.78. The van der Waals surface area contributed by atoms with Crippen LogP contribution in [0, 0.1) is 5.82 Å². The van der Waals surface area contributed by atoms with E-state index in [1.807, 2.05) is 0 Å². The van der Waals surface area contributed by atoms with Gasteiger partial charge in [-0.15, -0.1) is 0 Å². The number of carbonyl (C=O) groups excluding carboxylic acids is 2. The molecule has 1 saturated heterocycles. The van der Waals surface area contributed by atoms with Crippen LogP contribution in [0.1, 0.15) is 31.2 Å². The summed E-state index contributed by atoms with van der Waals surface area (Å²) in [5.41, 5.74) is 0.459. The third-order valence-electron chi connectivity index (χ3n) is 4.45. The lowest BCUT2D eigenvalue weighted by Crippen LogP contribution is -2.50. The lowest BCUT2D eigenvalue weighted by atomic mass is 10.1. The summed E-state index contributed by atoms with van der Waals surface area (Å²) in [6, 6.07) is 3.66. The Bertz CT molecular complexity index is 620. The number of nitrogens with zero attached hydrogens (tertiary/aromatic N) is 1. The molecular formula is C16H19ClFN3O2. The predicted octanol–water partition coefficient (Wildman–Crippen LogP) is 2.25. The summed E-state index contributed by atoms with van der Waals surface area (Å²) < 4.78 is 13.9. The zero-order valence-electron chi connectivity index (χ0n) is 12.8. The van der Waals surface area contributed by atoms with Gasteiger partial charge in [-0.05, 0) is 31.9 Å². The van der Waals surface area contributed by atoms with Gasteiger partial charge in [-0.3, -0.25) is 4.79 Å². The first-order chi connectivity index (χ1) is 11.0. The van der Waals surface area contributed by atoms with Gasteiger partial charge in [-0.2, -0.15) is 0 Å². The third kappa shape index (κ3) is 3.27. The van der Waals surface area contributed by atoms with E-state index in [1.165, 1.54) is 11.0 Å². The molecule has 7 heteroatoms. The maximum atomic E-state index is 13.9. The fourth-order valence-corrected chi connectivity index (χ4v) is 3.30. The number of amides is 3. The summed E-state index contributed by atoms with van der Waals surface area (Å²) in [5, 5.41) is 6.04. The van der Waals surface area contributed by atoms with E-state index in [4.69, 9.17) is 11.6 Å². The Balaban J connectivity index is 1.65. The van der Waals surface area contributed by atoms with Crippen molar-refractivity contribution in [1.29, 1.82) is 0 Å². The van der Waals surface area contributed by atoms with E-state index in [0.29, 0.717) is 30.1 Å². The van der Waals surface area contributed by atoms with E-state index < -0.39 is 6.04 Å². The molecule has 1 saturated carbocycles. The monoisotopic (exact) mass is 339 g/mol. The Labute approximate surface area is 139 Å². The van der Waals surface area contributed by atoms with Crippen molar-refractivity contribution >= 4 is 23.5 Å². The average Bonchev–Trinajstić information content (AvgIpc) is 3.26. The molecule has 2 N–H and O–H groups in total. The van der Waals surface area contributed by atoms with Crippen LogP contribution in [-0.2, 0) is 4.79 Å². The van der Waals surface area contributed by atoms with E-state index in [2.05, 4.69) is 10.6 Å². The van der Waals surface area contributed by atoms with Crippen LogP contribution in [-0.4, -0.2) is 42.0 Å². The van der Waals surface area contributed by atoms with E-state index in [9.17, 15) is 14.0 Å². The molecule has 2 fully saturated rings. The minimum absolute atomic E-state index is 0.108. The van der Waals surface area contributed by atoms with Crippen LogP contribution in [0.25, 0.3) is 0 Å². The van der Waals surface area contributed by atoms with Gasteiger partial charge >= 0.3 is 6.03 Å². The summed E-state index contributed by atoms with van der Waals surface area (Å²) in [5.74, 6) is -0.604. The maximum absolute atomic E-state index is 13.9. The van der Waals surface area contributed by atoms with Crippen LogP contribution in [0.3, 0.4) is 0 Å². The first-order valence-electron chi connectivity index (χ1n) is 7.78. The van der Waals surface area contributed by atoms with Crippen molar-refractivity contribution in [3.05, 3.63) is 34.6 Å². The number of rotatable bonds is 2. The molecule has 0 radical (unpaired) electrons. The van der Waals surface area contributed by atoms with Gasteiger partial charge in [-0.1, -0.05) is 17.7 Å². The largest absolute Gasteiger partial charge is 0.354 e. The molecule has 124 valence electrons. The zero-order chi connectivity index (χ0) is 16.6. The highest BCUT2D eigenvalue weighted by atomic mass is 35.5. The topological polar surface area (TPSA) is 61.4 Å². The Morgan fingerprint density at radius 2 is 2.26 bits per heavy atom. The van der Waals surface area contributed by atoms with Gasteiger partial charge < -0.3 is 15.5 Å². The van der Waals surface area contributed by atoms with E-state index >= 15 is 0 Å². The molecule has 3 atom stereocenters. The standard InChI is InChI=1S/C16H19ClFN3O2/c1-9-15(22)19-6-3-7-21(9)16(23)20-13-8-10(13)14-11(17)4-2-5-12(14)18/h2,4-5,9-10,13H,3,6-8H2,1H3,(H,19,22)(H,20,23)/t9-,10-,13-/m1/s1. The van der Waals surface area contributed by atoms with Gasteiger partial charge in [0.1, 0.15) is 11.9 Å². The summed E-state index contributed by atoms with van der Waals surface area (Å²) in [4.78, 5) is 25.7. The number of urea groups is 1. The van der Waals surface area contributed by atoms with E-state index in [1.54, 1.807) is 19.1 Å². The molecule has 3 amide bonds. The predicted molar refractivity (Wildman–Crippen MR) is 84.9 cm³/mol. The first kappa shape index (κ1) is 16.1. The minimum Gasteiger partial charge on any atom is -0.354 e. The first-order valence-corrected chi connectivity index (χ1v) is 8.15. The molecule has 1 aromatic carbocycles. The van der Waals surface area contributed by atoms with Crippen molar-refractivity contribution in [1.82, 2.24) is 15.5 Å². The molecule has 3 rings (SSSR count). The molecule has 0 spiro atoms. The van der Waals surface area contributed by atoms with Gasteiger partial charge in [0, 0.05) is 35.6 Å². The van der Waals surface area contributed by atoms with Crippen LogP contribution >= 0.6 is 11.6 Å². The van der Waals surface area contributed by atoms with Crippen LogP contribution in [0.5, 0.6) is 0 Å². The van der Waals surface area contributed by atoms with Gasteiger partial charge in [0.05, 0.1) is 0 Å². The average molecular weight is 340 g/mol. The van der Waals surface area contributed by atoms with Crippen molar-refractivity contribution < 1.29 is 14.0 Å². The molecule has 0 unspecified atom stereocenters. The van der Waals surface area contributed by atoms with Crippen LogP contribution in [0.4, 0.5) is 9.18 Å². The van der Waals surface area contributed by atoms with Crippen molar-refractivity contribution in [2.45, 2.75) is 37.8 Å². The van der Waals surface area contributed by atoms with Gasteiger partial charge in [0.2, 0.25) is 5.91 Å². The summed E-state index contributed by atoms with van der Waals surface area (Å²) >= 11 is 6.06. The molecule has 1 heterocycles. The lowest BCUT2D eigenvalue weighted by Gasteiger charge is -2.25. The fraction of sp³-hybridized carbons (Fsp3) is 0.500. The Hall–Kier alpha value is -1.82. The number of hydrogen-bond donors (Lipinski definition) is 2. The van der Waals surface area contributed by atoms with Gasteiger partial charge in [-0.25, -0.2) is 9.18 Å². The molecule has 1 aliphatic carbocycles. The molecule has 1 aromatic rings. The number of carbonyl (C=O) groups is 2. The minimum atomic E-state index is -0.508. The molecule has 1 aliphatic heterocycles. The summed E-state index contributed by atoms with van der Waals surface area (Å²) in [6.45, 7) is 2.80. The number of nitrogens with one attached hydrogen (secondary N) is 2. The van der Waals surface area contributed by atoms with Crippen molar-refractivity contribution in [2.75, 3.05) is 13.1 Å². The maximum Gasteiger partial charge on any atom is 0.318 e. The highest BCUT2D eigenvalue weighted by molar-refractivity contribution is 6.31. The van der Waals surface area contributed by atoms with Gasteiger partial charge in [0.25, 0.3) is 0 Å². The fourth-order valence-electron chi connectivity index (χ4n) is 3.00. The highest BCUT2D eigenvalue weighted by Gasteiger charge is 2.43. The van der Waals surface area contributed by atoms with E-state index in [0.717, 1.165) is 6.42 Å². The Morgan fingerprint density at radius 1 is 1.48 bits per heavy atom. The highest BCUT2D eigenvalue weighted by Crippen LogP contribution is 2.45. The van der Waals surface area contributed by atoms with Crippen molar-refractivity contribution in [3.8, 4) is 0 Å². The second kappa shape index (κ2) is 6.35. The molecule has 2 aliphatic rings. The SMILES string of the molecule is C[C@@H]1C(=O)NCCCN1C(=O)N[C@@H]1C[C@H]1c1c(F)cccc1Cl. The number of halogens is 2. The molecule has 5 nitrogen and oxygen atoms in total. The zero-order valence-corrected chi connectivity index (χ0v) is 13.6. The van der Waals surface area contributed by atoms with Gasteiger partial charge in [0.15, 0.2) is 0 Å². The molecule has 0 bridgehead atoms. The number of benzene rings is 1. The van der Waals surface area contributed by atoms with Crippen LogP contribution in [0.2, 0.25) is 5.02 Å². The van der Waals surface area contributed by atoms with Crippen LogP contribution in [0.15, 0.2) is 18.2 Å². The second-order valence-electron chi connectivity index (χ2n) is 6.05. The summed E-state index contributed by atoms with van der Waals surface area (Å²) in [7, 11) is 0. The smallest absolute Gasteiger partial charge is 0.318 e. The van der Waals surface area contributed by atoms with E-state index in [-0.39, 0.29) is 29.7 Å². The summed E-state index contributed by atoms with van der Waals surface area (Å²) in [6.07, 6.45) is 1.37. The van der Waals surface area contributed by atoms with Crippen molar-refractivity contribution in [3.63, 3.8) is 0 Å². The van der Waals surface area contributed by atoms with Crippen molar-refractivity contribution in [2.24, 2.45) is 0 Å². The quantitative estimate of drug-likeness (QED) is 0.868. The lowest BCUT2D eigenvalue weighted by molar-refractivity contribution is -0.124. The molecule has 23 heavy (non-hydrogen) atoms. The number of hydrogen-bond acceptors (Lipinski definition) is 2. The molecular weight excluding hydrogens is 321 g/mol. The Kier molecular flexibility index (Phi) is 4.43. The molecule has 0 aromatic heterocycles. The second-order valence-corrected chi connectivity index (χ2v) is 6.45. The normalized spacial score (nSPS) is 27.2.